The Bertz CT molecular complexity index is 1340. The van der Waals surface area contributed by atoms with Crippen molar-refractivity contribution in [2.75, 3.05) is 12.0 Å². The van der Waals surface area contributed by atoms with Crippen molar-refractivity contribution in [2.24, 2.45) is 0 Å². The molecule has 0 radical (unpaired) electrons. The summed E-state index contributed by atoms with van der Waals surface area (Å²) in [4.78, 5) is 31.4. The molecule has 0 spiro atoms. The number of aromatic nitrogens is 3. The Morgan fingerprint density at radius 1 is 1.07 bits per heavy atom. The minimum Gasteiger partial charge on any atom is -0.497 e. The molecule has 0 saturated heterocycles. The molecule has 4 aromatic rings. The van der Waals surface area contributed by atoms with E-state index in [0.29, 0.717) is 28.0 Å². The number of aryl methyl sites for hydroxylation is 1. The van der Waals surface area contributed by atoms with Gasteiger partial charge in [0.15, 0.2) is 5.65 Å². The third-order valence-electron chi connectivity index (χ3n) is 5.16. The Balaban J connectivity index is 1.70. The normalized spacial score (nSPS) is 13.2. The van der Waals surface area contributed by atoms with Gasteiger partial charge >= 0.3 is 0 Å². The summed E-state index contributed by atoms with van der Waals surface area (Å²) in [7, 11) is 1.57. The lowest BCUT2D eigenvalue weighted by molar-refractivity contribution is 0.0925. The van der Waals surface area contributed by atoms with Crippen molar-refractivity contribution < 1.29 is 18.7 Å². The molecule has 148 valence electrons. The van der Waals surface area contributed by atoms with Crippen molar-refractivity contribution in [3.63, 3.8) is 0 Å². The maximum absolute atomic E-state index is 14.5. The van der Waals surface area contributed by atoms with E-state index in [-0.39, 0.29) is 16.8 Å². The van der Waals surface area contributed by atoms with Crippen LogP contribution in [0.15, 0.2) is 48.7 Å². The molecule has 0 aliphatic carbocycles. The molecule has 1 N–H and O–H groups in total. The Morgan fingerprint density at radius 2 is 1.83 bits per heavy atom. The number of fused-ring (bicyclic) bond motifs is 3. The van der Waals surface area contributed by atoms with E-state index in [1.807, 2.05) is 12.1 Å². The first-order chi connectivity index (χ1) is 14.5. The predicted octanol–water partition coefficient (Wildman–Crippen LogP) is 3.88. The quantitative estimate of drug-likeness (QED) is 0.526. The number of ether oxygens (including phenoxy) is 1. The van der Waals surface area contributed by atoms with Crippen LogP contribution in [0.2, 0.25) is 0 Å². The van der Waals surface area contributed by atoms with Crippen molar-refractivity contribution in [1.29, 1.82) is 0 Å². The van der Waals surface area contributed by atoms with Gasteiger partial charge in [-0.2, -0.15) is 5.10 Å². The van der Waals surface area contributed by atoms with E-state index < -0.39 is 17.6 Å². The van der Waals surface area contributed by atoms with E-state index in [9.17, 15) is 14.0 Å². The highest BCUT2D eigenvalue weighted by Crippen LogP contribution is 2.37. The second-order valence-corrected chi connectivity index (χ2v) is 6.97. The number of halogens is 1. The molecule has 0 unspecified atom stereocenters. The number of aromatic amines is 1. The second kappa shape index (κ2) is 6.48. The zero-order chi connectivity index (χ0) is 21.0. The van der Waals surface area contributed by atoms with E-state index in [1.54, 1.807) is 32.2 Å². The average Bonchev–Trinajstić information content (AvgIpc) is 3.28. The van der Waals surface area contributed by atoms with Crippen molar-refractivity contribution in [3.8, 4) is 17.0 Å². The number of H-pyrrole nitrogens is 1. The monoisotopic (exact) mass is 402 g/mol. The fraction of sp³-hybridized carbons (Fsp3) is 0.0909. The lowest BCUT2D eigenvalue weighted by atomic mass is 10.0. The first-order valence-electron chi connectivity index (χ1n) is 9.16. The molecule has 0 fully saturated rings. The van der Waals surface area contributed by atoms with Gasteiger partial charge in [-0.25, -0.2) is 14.3 Å². The number of hydrogen-bond donors (Lipinski definition) is 1. The first-order valence-corrected chi connectivity index (χ1v) is 9.16. The van der Waals surface area contributed by atoms with Gasteiger partial charge in [-0.1, -0.05) is 6.07 Å². The number of benzene rings is 2. The molecule has 2 amide bonds. The number of hydrogen-bond acceptors (Lipinski definition) is 5. The number of pyridine rings is 1. The van der Waals surface area contributed by atoms with Gasteiger partial charge in [0, 0.05) is 11.8 Å². The zero-order valence-corrected chi connectivity index (χ0v) is 16.1. The molecule has 1 aliphatic rings. The van der Waals surface area contributed by atoms with E-state index in [0.717, 1.165) is 10.5 Å². The van der Waals surface area contributed by atoms with Crippen LogP contribution < -0.4 is 9.64 Å². The molecule has 0 saturated carbocycles. The number of nitrogens with zero attached hydrogens (tertiary/aromatic N) is 3. The first kappa shape index (κ1) is 18.0. The van der Waals surface area contributed by atoms with Gasteiger partial charge in [-0.15, -0.1) is 0 Å². The van der Waals surface area contributed by atoms with E-state index in [4.69, 9.17) is 4.74 Å². The summed E-state index contributed by atoms with van der Waals surface area (Å²) >= 11 is 0. The fourth-order valence-electron chi connectivity index (χ4n) is 3.68. The number of carbonyl (C=O) groups is 2. The molecule has 7 nitrogen and oxygen atoms in total. The van der Waals surface area contributed by atoms with Crippen LogP contribution in [0.3, 0.4) is 0 Å². The third-order valence-corrected chi connectivity index (χ3v) is 5.16. The largest absolute Gasteiger partial charge is 0.497 e. The molecule has 2 aromatic carbocycles. The van der Waals surface area contributed by atoms with Gasteiger partial charge < -0.3 is 4.74 Å². The van der Waals surface area contributed by atoms with Crippen LogP contribution >= 0.6 is 0 Å². The average molecular weight is 402 g/mol. The number of carbonyl (C=O) groups excluding carboxylic acids is 2. The molecule has 5 rings (SSSR count). The molecular formula is C22H15FN4O3. The van der Waals surface area contributed by atoms with Crippen molar-refractivity contribution in [1.82, 2.24) is 15.2 Å². The molecule has 3 heterocycles. The maximum atomic E-state index is 14.5. The summed E-state index contributed by atoms with van der Waals surface area (Å²) in [6, 6.07) is 11.5. The molecule has 30 heavy (non-hydrogen) atoms. The lowest BCUT2D eigenvalue weighted by Gasteiger charge is -2.15. The Kier molecular flexibility index (Phi) is 3.89. The minimum atomic E-state index is -0.642. The lowest BCUT2D eigenvalue weighted by Crippen LogP contribution is -2.30. The van der Waals surface area contributed by atoms with Crippen LogP contribution in [-0.2, 0) is 0 Å². The molecule has 2 aromatic heterocycles. The summed E-state index contributed by atoms with van der Waals surface area (Å²) in [6.07, 6.45) is 1.31. The molecule has 0 atom stereocenters. The predicted molar refractivity (Wildman–Crippen MR) is 108 cm³/mol. The Hall–Kier alpha value is -4.07. The highest BCUT2D eigenvalue weighted by molar-refractivity contribution is 6.38. The number of rotatable bonds is 3. The Morgan fingerprint density at radius 3 is 2.53 bits per heavy atom. The molecule has 8 heteroatoms. The topological polar surface area (TPSA) is 88.2 Å². The maximum Gasteiger partial charge on any atom is 0.267 e. The van der Waals surface area contributed by atoms with Crippen molar-refractivity contribution >= 4 is 28.5 Å². The number of anilines is 1. The van der Waals surface area contributed by atoms with E-state index in [2.05, 4.69) is 15.2 Å². The van der Waals surface area contributed by atoms with Crippen LogP contribution in [-0.4, -0.2) is 34.1 Å². The zero-order valence-electron chi connectivity index (χ0n) is 16.1. The summed E-state index contributed by atoms with van der Waals surface area (Å²) in [5.74, 6) is -1.19. The molecule has 1 aliphatic heterocycles. The highest BCUT2D eigenvalue weighted by atomic mass is 19.1. The summed E-state index contributed by atoms with van der Waals surface area (Å²) in [6.45, 7) is 1.73. The van der Waals surface area contributed by atoms with Gasteiger partial charge in [0.25, 0.3) is 11.8 Å². The minimum absolute atomic E-state index is 0.0885. The van der Waals surface area contributed by atoms with Crippen molar-refractivity contribution in [2.45, 2.75) is 6.92 Å². The summed E-state index contributed by atoms with van der Waals surface area (Å²) in [5.41, 5.74) is 2.46. The van der Waals surface area contributed by atoms with Gasteiger partial charge in [0.1, 0.15) is 11.6 Å². The van der Waals surface area contributed by atoms with E-state index in [1.165, 1.54) is 18.3 Å². The summed E-state index contributed by atoms with van der Waals surface area (Å²) < 4.78 is 19.7. The Labute approximate surface area is 170 Å². The van der Waals surface area contributed by atoms with Gasteiger partial charge in [0.2, 0.25) is 0 Å². The van der Waals surface area contributed by atoms with Crippen LogP contribution in [0.1, 0.15) is 26.3 Å². The highest BCUT2D eigenvalue weighted by Gasteiger charge is 2.41. The summed E-state index contributed by atoms with van der Waals surface area (Å²) in [5, 5.41) is 7.50. The van der Waals surface area contributed by atoms with E-state index >= 15 is 0 Å². The standard InChI is InChI=1S/C22H15FN4O3/c1-11-3-8-16(15(23)9-11)27-21(28)14-10-24-20-18(17(14)22(27)29)19(25-26-20)12-4-6-13(30-2)7-5-12/h3-10H,1-2H3,(H,24,25,26). The number of nitrogens with one attached hydrogen (secondary N) is 1. The van der Waals surface area contributed by atoms with Gasteiger partial charge in [0.05, 0.1) is 35.0 Å². The van der Waals surface area contributed by atoms with Crippen molar-refractivity contribution in [3.05, 3.63) is 71.2 Å². The van der Waals surface area contributed by atoms with Gasteiger partial charge in [-0.05, 0) is 48.9 Å². The second-order valence-electron chi connectivity index (χ2n) is 6.97. The fourth-order valence-corrected chi connectivity index (χ4v) is 3.68. The number of imide groups is 1. The van der Waals surface area contributed by atoms with Crippen LogP contribution in [0.4, 0.5) is 10.1 Å². The van der Waals surface area contributed by atoms with Crippen LogP contribution in [0.5, 0.6) is 5.75 Å². The number of methoxy groups -OCH3 is 1. The van der Waals surface area contributed by atoms with Crippen LogP contribution in [0.25, 0.3) is 22.3 Å². The smallest absolute Gasteiger partial charge is 0.267 e. The van der Waals surface area contributed by atoms with Crippen LogP contribution in [0, 0.1) is 12.7 Å². The number of amides is 2. The third kappa shape index (κ3) is 2.50. The molecule has 0 bridgehead atoms. The van der Waals surface area contributed by atoms with Gasteiger partial charge in [-0.3, -0.25) is 14.7 Å². The molecular weight excluding hydrogens is 387 g/mol. The SMILES string of the molecule is COc1ccc(-c2[nH]nc3ncc4c(c23)C(=O)N(c2ccc(C)cc2F)C4=O)cc1.